The Morgan fingerprint density at radius 2 is 2.00 bits per heavy atom. The van der Waals surface area contributed by atoms with Gasteiger partial charge in [-0.15, -0.1) is 0 Å². The molecule has 36 heavy (non-hydrogen) atoms. The molecule has 4 aromatic rings. The van der Waals surface area contributed by atoms with E-state index in [1.54, 1.807) is 24.5 Å². The van der Waals surface area contributed by atoms with Crippen LogP contribution in [0.25, 0.3) is 11.3 Å². The largest absolute Gasteiger partial charge is 0.470 e. The second-order valence-corrected chi connectivity index (χ2v) is 8.96. The van der Waals surface area contributed by atoms with Gasteiger partial charge in [-0.3, -0.25) is 0 Å². The topological polar surface area (TPSA) is 77.2 Å². The molecule has 3 heterocycles. The molecule has 0 saturated carbocycles. The Bertz CT molecular complexity index is 1490. The molecule has 0 amide bonds. The number of hydrogen-bond donors (Lipinski definition) is 1. The molecule has 1 aliphatic rings. The lowest BCUT2D eigenvalue weighted by atomic mass is 9.92. The first kappa shape index (κ1) is 23.5. The van der Waals surface area contributed by atoms with Crippen LogP contribution < -0.4 is 10.5 Å². The number of rotatable bonds is 4. The summed E-state index contributed by atoms with van der Waals surface area (Å²) in [4.78, 5) is 15.6. The molecule has 5 rings (SSSR count). The van der Waals surface area contributed by atoms with Crippen LogP contribution in [0.1, 0.15) is 33.5 Å². The average Bonchev–Trinajstić information content (AvgIpc) is 2.87. The number of aryl methyl sites for hydroxylation is 1. The molecule has 2 aromatic heterocycles. The van der Waals surface area contributed by atoms with Crippen LogP contribution in [0.5, 0.6) is 5.88 Å². The van der Waals surface area contributed by atoms with Crippen LogP contribution in [0.4, 0.5) is 10.2 Å². The van der Waals surface area contributed by atoms with Crippen molar-refractivity contribution in [2.75, 3.05) is 19.3 Å². The maximum atomic E-state index is 13.4. The van der Waals surface area contributed by atoms with Gasteiger partial charge in [-0.25, -0.2) is 19.3 Å². The van der Waals surface area contributed by atoms with E-state index in [9.17, 15) is 4.39 Å². The summed E-state index contributed by atoms with van der Waals surface area (Å²) in [6.07, 6.45) is 4.40. The molecule has 2 N–H and O–H groups in total. The minimum Gasteiger partial charge on any atom is -0.470 e. The van der Waals surface area contributed by atoms with E-state index < -0.39 is 0 Å². The fourth-order valence-corrected chi connectivity index (χ4v) is 4.32. The normalized spacial score (nSPS) is 13.0. The summed E-state index contributed by atoms with van der Waals surface area (Å²) >= 11 is 0. The number of halogens is 1. The van der Waals surface area contributed by atoms with Gasteiger partial charge in [0, 0.05) is 30.4 Å². The van der Waals surface area contributed by atoms with Gasteiger partial charge in [-0.1, -0.05) is 12.0 Å². The SMILES string of the molecule is Cc1cc(-c2cnc(N)c(OCc3ccnc(C#Cc4cccc(F)c4)c3)n2)cc2c1CCN(C)C2. The smallest absolute Gasteiger partial charge is 0.258 e. The highest BCUT2D eigenvalue weighted by molar-refractivity contribution is 5.64. The number of pyridine rings is 1. The molecule has 0 spiro atoms. The fraction of sp³-hybridized carbons (Fsp3) is 0.207. The number of nitrogens with two attached hydrogens (primary N) is 1. The number of anilines is 1. The van der Waals surface area contributed by atoms with Gasteiger partial charge in [0.1, 0.15) is 18.1 Å². The highest BCUT2D eigenvalue weighted by Crippen LogP contribution is 2.30. The van der Waals surface area contributed by atoms with Crippen molar-refractivity contribution in [1.82, 2.24) is 19.9 Å². The van der Waals surface area contributed by atoms with Crippen LogP contribution >= 0.6 is 0 Å². The van der Waals surface area contributed by atoms with Crippen molar-refractivity contribution in [3.05, 3.63) is 100 Å². The Balaban J connectivity index is 1.34. The molecule has 0 unspecified atom stereocenters. The predicted molar refractivity (Wildman–Crippen MR) is 138 cm³/mol. The van der Waals surface area contributed by atoms with E-state index in [0.29, 0.717) is 11.3 Å². The molecule has 0 atom stereocenters. The van der Waals surface area contributed by atoms with Crippen LogP contribution in [0.15, 0.2) is 60.9 Å². The highest BCUT2D eigenvalue weighted by atomic mass is 19.1. The van der Waals surface area contributed by atoms with E-state index in [-0.39, 0.29) is 24.1 Å². The molecule has 0 fully saturated rings. The van der Waals surface area contributed by atoms with Gasteiger partial charge in [0.25, 0.3) is 5.88 Å². The number of aromatic nitrogens is 3. The zero-order chi connectivity index (χ0) is 25.1. The first-order valence-electron chi connectivity index (χ1n) is 11.7. The van der Waals surface area contributed by atoms with Crippen molar-refractivity contribution in [2.45, 2.75) is 26.5 Å². The summed E-state index contributed by atoms with van der Waals surface area (Å²) in [6, 6.07) is 14.1. The van der Waals surface area contributed by atoms with Crippen LogP contribution in [0.3, 0.4) is 0 Å². The molecule has 2 aromatic carbocycles. The van der Waals surface area contributed by atoms with Crippen LogP contribution in [-0.4, -0.2) is 33.4 Å². The molecular formula is C29H26FN5O. The average molecular weight is 480 g/mol. The minimum absolute atomic E-state index is 0.230. The van der Waals surface area contributed by atoms with E-state index >= 15 is 0 Å². The lowest BCUT2D eigenvalue weighted by Crippen LogP contribution is -2.27. The quantitative estimate of drug-likeness (QED) is 0.433. The van der Waals surface area contributed by atoms with Crippen molar-refractivity contribution in [1.29, 1.82) is 0 Å². The molecule has 0 saturated heterocycles. The van der Waals surface area contributed by atoms with E-state index in [1.165, 1.54) is 28.8 Å². The third-order valence-electron chi connectivity index (χ3n) is 6.17. The van der Waals surface area contributed by atoms with Crippen molar-refractivity contribution >= 4 is 5.82 Å². The molecule has 7 heteroatoms. The number of likely N-dealkylation sites (N-methyl/N-ethyl adjacent to an activating group) is 1. The third-order valence-corrected chi connectivity index (χ3v) is 6.17. The zero-order valence-electron chi connectivity index (χ0n) is 20.3. The number of nitrogen functional groups attached to an aromatic ring is 1. The van der Waals surface area contributed by atoms with Crippen molar-refractivity contribution in [2.24, 2.45) is 0 Å². The number of benzene rings is 2. The van der Waals surface area contributed by atoms with Gasteiger partial charge < -0.3 is 15.4 Å². The lowest BCUT2D eigenvalue weighted by Gasteiger charge is -2.27. The van der Waals surface area contributed by atoms with E-state index in [2.05, 4.69) is 57.8 Å². The molecule has 0 radical (unpaired) electrons. The highest BCUT2D eigenvalue weighted by Gasteiger charge is 2.17. The number of ether oxygens (including phenoxy) is 1. The van der Waals surface area contributed by atoms with Gasteiger partial charge in [-0.05, 0) is 91.0 Å². The third kappa shape index (κ3) is 5.35. The van der Waals surface area contributed by atoms with Crippen molar-refractivity contribution < 1.29 is 9.13 Å². The lowest BCUT2D eigenvalue weighted by molar-refractivity contribution is 0.295. The number of hydrogen-bond acceptors (Lipinski definition) is 6. The van der Waals surface area contributed by atoms with Gasteiger partial charge in [0.05, 0.1) is 11.9 Å². The van der Waals surface area contributed by atoms with Crippen LogP contribution in [-0.2, 0) is 19.6 Å². The maximum absolute atomic E-state index is 13.4. The van der Waals surface area contributed by atoms with Crippen molar-refractivity contribution in [3.63, 3.8) is 0 Å². The molecule has 1 aliphatic heterocycles. The summed E-state index contributed by atoms with van der Waals surface area (Å²) < 4.78 is 19.3. The second-order valence-electron chi connectivity index (χ2n) is 8.96. The van der Waals surface area contributed by atoms with E-state index in [0.717, 1.165) is 36.3 Å². The predicted octanol–water partition coefficient (Wildman–Crippen LogP) is 4.54. The summed E-state index contributed by atoms with van der Waals surface area (Å²) in [5.41, 5.74) is 13.8. The second kappa shape index (κ2) is 10.1. The molecule has 180 valence electrons. The summed E-state index contributed by atoms with van der Waals surface area (Å²) in [5, 5.41) is 0. The first-order chi connectivity index (χ1) is 17.4. The first-order valence-corrected chi connectivity index (χ1v) is 11.7. The fourth-order valence-electron chi connectivity index (χ4n) is 4.32. The Kier molecular flexibility index (Phi) is 6.61. The Morgan fingerprint density at radius 1 is 1.11 bits per heavy atom. The van der Waals surface area contributed by atoms with Gasteiger partial charge in [0.15, 0.2) is 5.82 Å². The van der Waals surface area contributed by atoms with E-state index in [4.69, 9.17) is 10.5 Å². The summed E-state index contributed by atoms with van der Waals surface area (Å²) in [7, 11) is 2.14. The van der Waals surface area contributed by atoms with Crippen LogP contribution in [0.2, 0.25) is 0 Å². The van der Waals surface area contributed by atoms with E-state index in [1.807, 2.05) is 12.1 Å². The number of fused-ring (bicyclic) bond motifs is 1. The summed E-state index contributed by atoms with van der Waals surface area (Å²) in [5.74, 6) is 6.08. The van der Waals surface area contributed by atoms with Crippen molar-refractivity contribution in [3.8, 4) is 29.0 Å². The van der Waals surface area contributed by atoms with Crippen LogP contribution in [0, 0.1) is 24.6 Å². The Labute approximate surface area is 210 Å². The minimum atomic E-state index is -0.323. The van der Waals surface area contributed by atoms with Gasteiger partial charge in [-0.2, -0.15) is 0 Å². The Morgan fingerprint density at radius 3 is 2.86 bits per heavy atom. The monoisotopic (exact) mass is 479 g/mol. The van der Waals surface area contributed by atoms with Gasteiger partial charge in [0.2, 0.25) is 0 Å². The number of nitrogens with zero attached hydrogens (tertiary/aromatic N) is 4. The molecule has 6 nitrogen and oxygen atoms in total. The Hall–Kier alpha value is -4.28. The zero-order valence-corrected chi connectivity index (χ0v) is 20.3. The maximum Gasteiger partial charge on any atom is 0.258 e. The molecule has 0 bridgehead atoms. The molecule has 0 aliphatic carbocycles. The standard InChI is InChI=1S/C29H26FN5O/c1-19-12-22(15-23-17-35(2)11-9-26(19)23)27-16-33-28(31)29(34-27)36-18-21-8-10-32-25(14-21)7-6-20-4-3-5-24(30)13-20/h3-5,8,10,12-16H,9,11,17-18H2,1-2H3,(H2,31,33). The molecular weight excluding hydrogens is 453 g/mol. The summed E-state index contributed by atoms with van der Waals surface area (Å²) in [6.45, 7) is 4.36. The van der Waals surface area contributed by atoms with Gasteiger partial charge >= 0.3 is 0 Å².